The van der Waals surface area contributed by atoms with Crippen LogP contribution in [0.3, 0.4) is 0 Å². The first-order chi connectivity index (χ1) is 15.0. The number of unbranched alkanes of at least 4 members (excludes halogenated alkanes) is 1. The van der Waals surface area contributed by atoms with E-state index in [1.165, 1.54) is 0 Å². The van der Waals surface area contributed by atoms with Crippen LogP contribution >= 0.6 is 45.2 Å². The lowest BCUT2D eigenvalue weighted by Gasteiger charge is -2.19. The van der Waals surface area contributed by atoms with Crippen molar-refractivity contribution < 1.29 is 13.9 Å². The number of benzene rings is 2. The van der Waals surface area contributed by atoms with Crippen molar-refractivity contribution >= 4 is 61.9 Å². The van der Waals surface area contributed by atoms with Crippen LogP contribution in [0.25, 0.3) is 11.0 Å². The molecular weight excluding hydrogens is 612 g/mol. The predicted octanol–water partition coefficient (Wildman–Crippen LogP) is 6.94. The molecule has 2 aromatic carbocycles. The SMILES string of the molecule is CCCCc1oc2ccccc2c1C(=O)c1cc(I)c(OCCN(CC)CC)c([123I])c1. The van der Waals surface area contributed by atoms with Gasteiger partial charge in [0.05, 0.1) is 12.7 Å². The van der Waals surface area contributed by atoms with Crippen LogP contribution in [-0.4, -0.2) is 36.9 Å². The first-order valence-corrected chi connectivity index (χ1v) is 13.0. The molecule has 0 aliphatic heterocycles. The van der Waals surface area contributed by atoms with E-state index >= 15 is 0 Å². The predicted molar refractivity (Wildman–Crippen MR) is 143 cm³/mol. The summed E-state index contributed by atoms with van der Waals surface area (Å²) >= 11 is 4.54. The molecule has 31 heavy (non-hydrogen) atoms. The fourth-order valence-electron chi connectivity index (χ4n) is 3.65. The minimum atomic E-state index is 0.0153. The zero-order valence-corrected chi connectivity index (χ0v) is 22.7. The molecule has 1 heterocycles. The molecule has 0 aliphatic rings. The molecule has 3 aromatic rings. The third kappa shape index (κ3) is 5.82. The first-order valence-electron chi connectivity index (χ1n) is 10.9. The van der Waals surface area contributed by atoms with Gasteiger partial charge in [-0.25, -0.2) is 0 Å². The highest BCUT2D eigenvalue weighted by molar-refractivity contribution is 14.1. The van der Waals surface area contributed by atoms with Crippen molar-refractivity contribution in [3.8, 4) is 5.75 Å². The summed E-state index contributed by atoms with van der Waals surface area (Å²) in [6.45, 7) is 10.0. The van der Waals surface area contributed by atoms with E-state index in [-0.39, 0.29) is 5.78 Å². The second-order valence-electron chi connectivity index (χ2n) is 7.47. The Hall–Kier alpha value is -1.13. The molecule has 166 valence electrons. The van der Waals surface area contributed by atoms with E-state index in [0.29, 0.717) is 17.7 Å². The Kier molecular flexibility index (Phi) is 9.21. The molecule has 1 aromatic heterocycles. The standard InChI is InChI=1S/C25H29I2NO3/c1-4-7-11-22-23(18-10-8-9-12-21(18)31-22)24(29)17-15-19(26)25(20(27)16-17)30-14-13-28(5-2)6-3/h8-10,12,15-16H,4-7,11,13-14H2,1-3H3/i26-4. The number of carbonyl (C=O) groups is 1. The van der Waals surface area contributed by atoms with Gasteiger partial charge >= 0.3 is 0 Å². The number of rotatable bonds is 11. The van der Waals surface area contributed by atoms with E-state index in [1.807, 2.05) is 36.4 Å². The van der Waals surface area contributed by atoms with Gasteiger partial charge in [0.25, 0.3) is 0 Å². The highest BCUT2D eigenvalue weighted by Crippen LogP contribution is 2.33. The van der Waals surface area contributed by atoms with Crippen molar-refractivity contribution in [3.63, 3.8) is 0 Å². The molecule has 0 amide bonds. The number of hydrogen-bond acceptors (Lipinski definition) is 4. The lowest BCUT2D eigenvalue weighted by Crippen LogP contribution is -2.28. The van der Waals surface area contributed by atoms with Crippen LogP contribution in [0, 0.1) is 7.14 Å². The van der Waals surface area contributed by atoms with Crippen LogP contribution in [0.15, 0.2) is 40.8 Å². The van der Waals surface area contributed by atoms with Crippen molar-refractivity contribution in [1.82, 2.24) is 4.90 Å². The van der Waals surface area contributed by atoms with Gasteiger partial charge in [-0.15, -0.1) is 0 Å². The summed E-state index contributed by atoms with van der Waals surface area (Å²) in [5, 5.41) is 0.892. The number of likely N-dealkylation sites (N-methyl/N-ethyl adjacent to an activating group) is 1. The van der Waals surface area contributed by atoms with E-state index in [4.69, 9.17) is 9.15 Å². The van der Waals surface area contributed by atoms with Crippen molar-refractivity contribution in [1.29, 1.82) is 0 Å². The second kappa shape index (κ2) is 11.7. The van der Waals surface area contributed by atoms with Gasteiger partial charge in [-0.2, -0.15) is 0 Å². The lowest BCUT2D eigenvalue weighted by molar-refractivity contribution is 0.103. The average molecular weight is 641 g/mol. The van der Waals surface area contributed by atoms with Gasteiger partial charge in [0, 0.05) is 23.9 Å². The topological polar surface area (TPSA) is 42.7 Å². The zero-order chi connectivity index (χ0) is 22.4. The number of para-hydroxylation sites is 1. The van der Waals surface area contributed by atoms with Crippen LogP contribution in [-0.2, 0) is 6.42 Å². The highest BCUT2D eigenvalue weighted by atomic mass is 127. The van der Waals surface area contributed by atoms with Gasteiger partial charge in [0.2, 0.25) is 0 Å². The molecule has 0 fully saturated rings. The van der Waals surface area contributed by atoms with Crippen LogP contribution < -0.4 is 4.74 Å². The summed E-state index contributed by atoms with van der Waals surface area (Å²) in [6.07, 6.45) is 2.82. The van der Waals surface area contributed by atoms with Gasteiger partial charge in [-0.1, -0.05) is 45.4 Å². The number of halogens is 2. The monoisotopic (exact) mass is 641 g/mol. The molecular formula is C25H29I2NO3. The normalized spacial score (nSPS) is 11.4. The average Bonchev–Trinajstić information content (AvgIpc) is 3.14. The van der Waals surface area contributed by atoms with E-state index in [9.17, 15) is 4.79 Å². The largest absolute Gasteiger partial charge is 0.490 e. The molecule has 6 heteroatoms. The molecule has 0 atom stereocenters. The Morgan fingerprint density at radius 2 is 1.90 bits per heavy atom. The number of ketones is 1. The summed E-state index contributed by atoms with van der Waals surface area (Å²) in [5.74, 6) is 1.66. The number of carbonyl (C=O) groups excluding carboxylic acids is 1. The summed E-state index contributed by atoms with van der Waals surface area (Å²) in [7, 11) is 0. The van der Waals surface area contributed by atoms with Crippen LogP contribution in [0.4, 0.5) is 0 Å². The Labute approximate surface area is 212 Å². The molecule has 0 unspecified atom stereocenters. The Balaban J connectivity index is 1.89. The maximum absolute atomic E-state index is 13.6. The van der Waals surface area contributed by atoms with Gasteiger partial charge in [0.15, 0.2) is 5.78 Å². The molecule has 0 N–H and O–H groups in total. The van der Waals surface area contributed by atoms with Gasteiger partial charge in [0.1, 0.15) is 23.7 Å². The number of fused-ring (bicyclic) bond motifs is 1. The van der Waals surface area contributed by atoms with Crippen molar-refractivity contribution in [2.45, 2.75) is 40.0 Å². The van der Waals surface area contributed by atoms with Crippen LogP contribution in [0.1, 0.15) is 55.3 Å². The van der Waals surface area contributed by atoms with Gasteiger partial charge in [-0.05, 0) is 82.9 Å². The van der Waals surface area contributed by atoms with Gasteiger partial charge < -0.3 is 14.1 Å². The van der Waals surface area contributed by atoms with Crippen molar-refractivity contribution in [2.24, 2.45) is 0 Å². The Morgan fingerprint density at radius 3 is 2.58 bits per heavy atom. The molecule has 0 aliphatic carbocycles. The summed E-state index contributed by atoms with van der Waals surface area (Å²) in [5.41, 5.74) is 2.15. The zero-order valence-electron chi connectivity index (χ0n) is 18.3. The maximum Gasteiger partial charge on any atom is 0.197 e. The third-order valence-electron chi connectivity index (χ3n) is 5.46. The molecule has 0 radical (unpaired) electrons. The molecule has 3 rings (SSSR count). The molecule has 0 spiro atoms. The Morgan fingerprint density at radius 1 is 1.16 bits per heavy atom. The Bertz CT molecular complexity index is 1020. The highest BCUT2D eigenvalue weighted by Gasteiger charge is 2.23. The fraction of sp³-hybridized carbons (Fsp3) is 0.400. The minimum absolute atomic E-state index is 0.0153. The number of nitrogens with zero attached hydrogens (tertiary/aromatic N) is 1. The van der Waals surface area contributed by atoms with Crippen LogP contribution in [0.5, 0.6) is 5.75 Å². The number of furan rings is 1. The third-order valence-corrected chi connectivity index (χ3v) is 7.06. The van der Waals surface area contributed by atoms with E-state index in [1.54, 1.807) is 0 Å². The fourth-order valence-corrected chi connectivity index (χ4v) is 5.73. The van der Waals surface area contributed by atoms with E-state index in [0.717, 1.165) is 68.5 Å². The summed E-state index contributed by atoms with van der Waals surface area (Å²) in [6, 6.07) is 11.7. The number of aryl methyl sites for hydroxylation is 1. The maximum atomic E-state index is 13.6. The molecule has 0 saturated heterocycles. The molecule has 0 saturated carbocycles. The minimum Gasteiger partial charge on any atom is -0.490 e. The van der Waals surface area contributed by atoms with Gasteiger partial charge in [-0.3, -0.25) is 4.79 Å². The quantitative estimate of drug-likeness (QED) is 0.168. The first kappa shape index (κ1) is 24.5. The van der Waals surface area contributed by atoms with Crippen molar-refractivity contribution in [2.75, 3.05) is 26.2 Å². The summed E-state index contributed by atoms with van der Waals surface area (Å²) in [4.78, 5) is 15.9. The van der Waals surface area contributed by atoms with E-state index < -0.39 is 0 Å². The molecule has 0 bridgehead atoms. The van der Waals surface area contributed by atoms with Crippen LogP contribution in [0.2, 0.25) is 0 Å². The number of ether oxygens (including phenoxy) is 1. The van der Waals surface area contributed by atoms with Crippen molar-refractivity contribution in [3.05, 3.63) is 60.4 Å². The number of hydrogen-bond donors (Lipinski definition) is 0. The lowest BCUT2D eigenvalue weighted by atomic mass is 9.98. The van der Waals surface area contributed by atoms with E-state index in [2.05, 4.69) is 70.9 Å². The smallest absolute Gasteiger partial charge is 0.197 e. The second-order valence-corrected chi connectivity index (χ2v) is 9.80. The molecule has 4 nitrogen and oxygen atoms in total. The summed E-state index contributed by atoms with van der Waals surface area (Å²) < 4.78 is 14.1.